The van der Waals surface area contributed by atoms with Gasteiger partial charge in [0.25, 0.3) is 0 Å². The Bertz CT molecular complexity index is 642. The molecule has 24 heavy (non-hydrogen) atoms. The van der Waals surface area contributed by atoms with Gasteiger partial charge in [0.2, 0.25) is 0 Å². The van der Waals surface area contributed by atoms with Crippen LogP contribution < -0.4 is 5.32 Å². The van der Waals surface area contributed by atoms with Crippen LogP contribution in [0.4, 0.5) is 4.79 Å². The lowest BCUT2D eigenvalue weighted by atomic mass is 9.95. The highest BCUT2D eigenvalue weighted by Crippen LogP contribution is 2.34. The Morgan fingerprint density at radius 2 is 2.08 bits per heavy atom. The molecule has 3 atom stereocenters. The summed E-state index contributed by atoms with van der Waals surface area (Å²) in [6, 6.07) is 13.7. The molecule has 0 radical (unpaired) electrons. The van der Waals surface area contributed by atoms with E-state index in [1.54, 1.807) is 18.2 Å². The topological polar surface area (TPSA) is 54.7 Å². The number of amides is 2. The molecule has 0 aliphatic carbocycles. The fourth-order valence-corrected chi connectivity index (χ4v) is 3.09. The molecule has 1 aromatic heterocycles. The number of urea groups is 1. The van der Waals surface area contributed by atoms with Gasteiger partial charge in [0.05, 0.1) is 18.4 Å². The molecule has 3 rings (SSSR count). The molecule has 1 aliphatic rings. The minimum absolute atomic E-state index is 0.0549. The summed E-state index contributed by atoms with van der Waals surface area (Å²) in [6.07, 6.45) is 2.63. The molecule has 5 heteroatoms. The summed E-state index contributed by atoms with van der Waals surface area (Å²) in [4.78, 5) is 14.1. The van der Waals surface area contributed by atoms with Crippen molar-refractivity contribution in [2.45, 2.75) is 25.5 Å². The molecule has 5 nitrogen and oxygen atoms in total. The summed E-state index contributed by atoms with van der Waals surface area (Å²) < 4.78 is 11.2. The maximum Gasteiger partial charge on any atom is 0.317 e. The highest BCUT2D eigenvalue weighted by molar-refractivity contribution is 5.74. The standard InChI is InChI=1S/C19H24N2O3/c1-14(17-9-6-11-23-17)21(2)19(22)20-13-16-10-12-24-18(16)15-7-4-3-5-8-15/h3-9,11,14,16,18H,10,12-13H2,1-2H3,(H,20,22)/t14-,16+,18-/m1/s1. The number of carbonyl (C=O) groups is 1. The molecular formula is C19H24N2O3. The Hall–Kier alpha value is -2.27. The number of ether oxygens (including phenoxy) is 1. The number of nitrogens with zero attached hydrogens (tertiary/aromatic N) is 1. The van der Waals surface area contributed by atoms with Crippen LogP contribution in [0.25, 0.3) is 0 Å². The van der Waals surface area contributed by atoms with Crippen LogP contribution in [0.1, 0.15) is 36.8 Å². The van der Waals surface area contributed by atoms with E-state index in [4.69, 9.17) is 9.15 Å². The van der Waals surface area contributed by atoms with Crippen LogP contribution >= 0.6 is 0 Å². The van der Waals surface area contributed by atoms with E-state index >= 15 is 0 Å². The van der Waals surface area contributed by atoms with Gasteiger partial charge in [-0.3, -0.25) is 0 Å². The monoisotopic (exact) mass is 328 g/mol. The zero-order valence-electron chi connectivity index (χ0n) is 14.1. The maximum atomic E-state index is 12.4. The Morgan fingerprint density at radius 3 is 2.79 bits per heavy atom. The van der Waals surface area contributed by atoms with Gasteiger partial charge in [-0.2, -0.15) is 0 Å². The van der Waals surface area contributed by atoms with Crippen molar-refractivity contribution in [2.24, 2.45) is 5.92 Å². The minimum atomic E-state index is -0.107. The fourth-order valence-electron chi connectivity index (χ4n) is 3.09. The number of hydrogen-bond donors (Lipinski definition) is 1. The Morgan fingerprint density at radius 1 is 1.29 bits per heavy atom. The Labute approximate surface area is 142 Å². The molecule has 0 saturated carbocycles. The largest absolute Gasteiger partial charge is 0.467 e. The molecule has 2 aromatic rings. The van der Waals surface area contributed by atoms with Gasteiger partial charge in [-0.1, -0.05) is 30.3 Å². The van der Waals surface area contributed by atoms with Crippen molar-refractivity contribution in [3.63, 3.8) is 0 Å². The average molecular weight is 328 g/mol. The van der Waals surface area contributed by atoms with E-state index < -0.39 is 0 Å². The first-order valence-corrected chi connectivity index (χ1v) is 8.37. The van der Waals surface area contributed by atoms with Gasteiger partial charge in [0.1, 0.15) is 5.76 Å². The lowest BCUT2D eigenvalue weighted by Crippen LogP contribution is -2.41. The third kappa shape index (κ3) is 3.62. The van der Waals surface area contributed by atoms with Crippen LogP contribution in [-0.2, 0) is 4.74 Å². The van der Waals surface area contributed by atoms with Crippen molar-refractivity contribution in [1.29, 1.82) is 0 Å². The molecular weight excluding hydrogens is 304 g/mol. The van der Waals surface area contributed by atoms with Crippen LogP contribution in [0.15, 0.2) is 53.1 Å². The number of hydrogen-bond acceptors (Lipinski definition) is 3. The van der Waals surface area contributed by atoms with Crippen molar-refractivity contribution in [3.8, 4) is 0 Å². The van der Waals surface area contributed by atoms with Crippen molar-refractivity contribution >= 4 is 6.03 Å². The van der Waals surface area contributed by atoms with Crippen LogP contribution in [0.3, 0.4) is 0 Å². The lowest BCUT2D eigenvalue weighted by Gasteiger charge is -2.25. The summed E-state index contributed by atoms with van der Waals surface area (Å²) in [7, 11) is 1.78. The molecule has 1 N–H and O–H groups in total. The van der Waals surface area contributed by atoms with E-state index in [0.29, 0.717) is 12.5 Å². The molecule has 1 aliphatic heterocycles. The Kier molecular flexibility index (Phi) is 5.20. The van der Waals surface area contributed by atoms with Gasteiger partial charge in [-0.15, -0.1) is 0 Å². The smallest absolute Gasteiger partial charge is 0.317 e. The average Bonchev–Trinajstić information content (AvgIpc) is 3.30. The van der Waals surface area contributed by atoms with Crippen LogP contribution in [0, 0.1) is 5.92 Å². The third-order valence-corrected chi connectivity index (χ3v) is 4.71. The molecule has 0 unspecified atom stereocenters. The molecule has 2 amide bonds. The fraction of sp³-hybridized carbons (Fsp3) is 0.421. The normalized spacial score (nSPS) is 21.4. The predicted molar refractivity (Wildman–Crippen MR) is 91.5 cm³/mol. The second-order valence-electron chi connectivity index (χ2n) is 6.24. The van der Waals surface area contributed by atoms with Crippen molar-refractivity contribution in [2.75, 3.05) is 20.2 Å². The summed E-state index contributed by atoms with van der Waals surface area (Å²) in [5.74, 6) is 1.07. The zero-order valence-corrected chi connectivity index (χ0v) is 14.1. The van der Waals surface area contributed by atoms with E-state index in [0.717, 1.165) is 18.8 Å². The molecule has 1 saturated heterocycles. The molecule has 0 spiro atoms. The first-order chi connectivity index (χ1) is 11.7. The Balaban J connectivity index is 1.55. The predicted octanol–water partition coefficient (Wildman–Crippen LogP) is 3.76. The number of benzene rings is 1. The van der Waals surface area contributed by atoms with E-state index in [2.05, 4.69) is 17.4 Å². The SMILES string of the molecule is C[C@H](c1ccco1)N(C)C(=O)NC[C@@H]1CCO[C@@H]1c1ccccc1. The molecule has 0 bridgehead atoms. The molecule has 1 fully saturated rings. The number of furan rings is 1. The van der Waals surface area contributed by atoms with Crippen LogP contribution in [-0.4, -0.2) is 31.1 Å². The highest BCUT2D eigenvalue weighted by atomic mass is 16.5. The molecule has 128 valence electrons. The summed E-state index contributed by atoms with van der Waals surface area (Å²) in [5, 5.41) is 3.03. The van der Waals surface area contributed by atoms with Gasteiger partial charge in [0.15, 0.2) is 0 Å². The van der Waals surface area contributed by atoms with E-state index in [-0.39, 0.29) is 18.2 Å². The summed E-state index contributed by atoms with van der Waals surface area (Å²) >= 11 is 0. The van der Waals surface area contributed by atoms with Gasteiger partial charge in [-0.25, -0.2) is 4.79 Å². The number of carbonyl (C=O) groups excluding carboxylic acids is 1. The van der Waals surface area contributed by atoms with Gasteiger partial charge >= 0.3 is 6.03 Å². The van der Waals surface area contributed by atoms with E-state index in [9.17, 15) is 4.79 Å². The summed E-state index contributed by atoms with van der Waals surface area (Å²) in [5.41, 5.74) is 1.17. The highest BCUT2D eigenvalue weighted by Gasteiger charge is 2.30. The molecule has 2 heterocycles. The second kappa shape index (κ2) is 7.53. The van der Waals surface area contributed by atoms with Gasteiger partial charge < -0.3 is 19.4 Å². The van der Waals surface area contributed by atoms with Crippen molar-refractivity contribution in [3.05, 3.63) is 60.1 Å². The third-order valence-electron chi connectivity index (χ3n) is 4.71. The van der Waals surface area contributed by atoms with Crippen LogP contribution in [0.5, 0.6) is 0 Å². The van der Waals surface area contributed by atoms with Gasteiger partial charge in [0, 0.05) is 26.1 Å². The second-order valence-corrected chi connectivity index (χ2v) is 6.24. The quantitative estimate of drug-likeness (QED) is 0.909. The summed E-state index contributed by atoms with van der Waals surface area (Å²) in [6.45, 7) is 3.29. The van der Waals surface area contributed by atoms with Crippen molar-refractivity contribution < 1.29 is 13.9 Å². The maximum absolute atomic E-state index is 12.4. The zero-order chi connectivity index (χ0) is 16.9. The first kappa shape index (κ1) is 16.6. The number of nitrogens with one attached hydrogen (secondary N) is 1. The van der Waals surface area contributed by atoms with Crippen LogP contribution in [0.2, 0.25) is 0 Å². The first-order valence-electron chi connectivity index (χ1n) is 8.37. The van der Waals surface area contributed by atoms with Gasteiger partial charge in [-0.05, 0) is 31.0 Å². The molecule has 1 aromatic carbocycles. The van der Waals surface area contributed by atoms with E-state index in [1.807, 2.05) is 37.3 Å². The lowest BCUT2D eigenvalue weighted by molar-refractivity contribution is 0.0903. The van der Waals surface area contributed by atoms with Crippen molar-refractivity contribution in [1.82, 2.24) is 10.2 Å². The minimum Gasteiger partial charge on any atom is -0.467 e. The van der Waals surface area contributed by atoms with E-state index in [1.165, 1.54) is 5.56 Å². The number of rotatable bonds is 5.